The molecule has 2 heterocycles. The molecule has 1 fully saturated rings. The van der Waals surface area contributed by atoms with Gasteiger partial charge in [-0.2, -0.15) is 9.98 Å². The van der Waals surface area contributed by atoms with Crippen molar-refractivity contribution in [3.8, 4) is 0 Å². The molecular formula is C10H14N6O2. The number of aliphatic imine (C=N–C) groups is 2. The molecule has 18 heavy (non-hydrogen) atoms. The number of guanidine groups is 2. The molecule has 0 radical (unpaired) electrons. The molecule has 2 rings (SSSR count). The largest absolute Gasteiger partial charge is 0.369 e. The number of carbonyl (C=O) groups excluding carboxylic acids is 2. The Kier molecular flexibility index (Phi) is 2.77. The summed E-state index contributed by atoms with van der Waals surface area (Å²) >= 11 is 0. The van der Waals surface area contributed by atoms with Crippen LogP contribution in [-0.2, 0) is 9.59 Å². The van der Waals surface area contributed by atoms with Crippen LogP contribution in [0.3, 0.4) is 0 Å². The summed E-state index contributed by atoms with van der Waals surface area (Å²) in [6, 6.07) is 0. The SMILES string of the molecule is CC=CC1(N2C(=O)CCC2=O)N=C(N)NC(N)=N1. The molecule has 2 amide bonds. The van der Waals surface area contributed by atoms with Crippen molar-refractivity contribution in [2.75, 3.05) is 0 Å². The van der Waals surface area contributed by atoms with E-state index in [9.17, 15) is 9.59 Å². The predicted octanol–water partition coefficient (Wildman–Crippen LogP) is -1.40. The predicted molar refractivity (Wildman–Crippen MR) is 65.0 cm³/mol. The molecule has 8 heteroatoms. The molecule has 0 unspecified atom stereocenters. The van der Waals surface area contributed by atoms with Gasteiger partial charge in [-0.3, -0.25) is 14.9 Å². The number of nitrogens with two attached hydrogens (primary N) is 2. The fourth-order valence-corrected chi connectivity index (χ4v) is 1.98. The number of nitrogens with one attached hydrogen (secondary N) is 1. The molecule has 0 bridgehead atoms. The minimum Gasteiger partial charge on any atom is -0.369 e. The Morgan fingerprint density at radius 2 is 1.72 bits per heavy atom. The highest BCUT2D eigenvalue weighted by Gasteiger charge is 2.46. The summed E-state index contributed by atoms with van der Waals surface area (Å²) < 4.78 is 0. The van der Waals surface area contributed by atoms with E-state index in [-0.39, 0.29) is 36.6 Å². The quantitative estimate of drug-likeness (QED) is 0.410. The van der Waals surface area contributed by atoms with Crippen LogP contribution in [0.1, 0.15) is 19.8 Å². The van der Waals surface area contributed by atoms with Gasteiger partial charge in [-0.25, -0.2) is 4.90 Å². The van der Waals surface area contributed by atoms with Gasteiger partial charge in [0.1, 0.15) is 0 Å². The monoisotopic (exact) mass is 250 g/mol. The first kappa shape index (κ1) is 12.1. The second-order valence-electron chi connectivity index (χ2n) is 3.93. The average Bonchev–Trinajstić information content (AvgIpc) is 2.57. The number of likely N-dealkylation sites (tertiary alicyclic amines) is 1. The Balaban J connectivity index is 2.54. The molecular weight excluding hydrogens is 236 g/mol. The number of hydrogen-bond donors (Lipinski definition) is 3. The van der Waals surface area contributed by atoms with Gasteiger partial charge in [0, 0.05) is 12.8 Å². The van der Waals surface area contributed by atoms with Gasteiger partial charge < -0.3 is 11.5 Å². The summed E-state index contributed by atoms with van der Waals surface area (Å²) in [4.78, 5) is 32.7. The first-order valence-electron chi connectivity index (χ1n) is 5.46. The molecule has 0 aromatic heterocycles. The number of imide groups is 1. The first-order chi connectivity index (χ1) is 8.48. The van der Waals surface area contributed by atoms with Gasteiger partial charge in [0.15, 0.2) is 11.9 Å². The van der Waals surface area contributed by atoms with E-state index in [1.165, 1.54) is 6.08 Å². The summed E-state index contributed by atoms with van der Waals surface area (Å²) in [6.45, 7) is 1.73. The van der Waals surface area contributed by atoms with Crippen molar-refractivity contribution >= 4 is 23.7 Å². The zero-order chi connectivity index (χ0) is 13.3. The molecule has 96 valence electrons. The summed E-state index contributed by atoms with van der Waals surface area (Å²) in [5.41, 5.74) is 11.2. The van der Waals surface area contributed by atoms with E-state index in [1.54, 1.807) is 13.0 Å². The maximum atomic E-state index is 11.8. The summed E-state index contributed by atoms with van der Waals surface area (Å²) in [6.07, 6.45) is 3.44. The minimum absolute atomic E-state index is 0.00750. The van der Waals surface area contributed by atoms with Crippen LogP contribution in [0, 0.1) is 0 Å². The van der Waals surface area contributed by atoms with Crippen LogP contribution in [0.5, 0.6) is 0 Å². The number of nitrogens with zero attached hydrogens (tertiary/aromatic N) is 3. The third kappa shape index (κ3) is 1.81. The van der Waals surface area contributed by atoms with E-state index in [4.69, 9.17) is 11.5 Å². The molecule has 2 aliphatic heterocycles. The number of carbonyl (C=O) groups is 2. The minimum atomic E-state index is -1.49. The Labute approximate surface area is 103 Å². The summed E-state index contributed by atoms with van der Waals surface area (Å²) in [5, 5.41) is 2.52. The Morgan fingerprint density at radius 3 is 2.17 bits per heavy atom. The smallest absolute Gasteiger partial charge is 0.262 e. The van der Waals surface area contributed by atoms with Crippen LogP contribution < -0.4 is 16.8 Å². The van der Waals surface area contributed by atoms with Gasteiger partial charge in [0.05, 0.1) is 0 Å². The van der Waals surface area contributed by atoms with Gasteiger partial charge in [-0.15, -0.1) is 0 Å². The highest BCUT2D eigenvalue weighted by Crippen LogP contribution is 2.29. The van der Waals surface area contributed by atoms with Crippen molar-refractivity contribution in [3.05, 3.63) is 12.2 Å². The highest BCUT2D eigenvalue weighted by molar-refractivity contribution is 6.05. The van der Waals surface area contributed by atoms with E-state index in [2.05, 4.69) is 15.3 Å². The van der Waals surface area contributed by atoms with Crippen LogP contribution in [0.25, 0.3) is 0 Å². The molecule has 8 nitrogen and oxygen atoms in total. The van der Waals surface area contributed by atoms with Gasteiger partial charge in [0.2, 0.25) is 11.8 Å². The molecule has 2 aliphatic rings. The second kappa shape index (κ2) is 4.13. The maximum absolute atomic E-state index is 11.8. The zero-order valence-electron chi connectivity index (χ0n) is 9.88. The fraction of sp³-hybridized carbons (Fsp3) is 0.400. The van der Waals surface area contributed by atoms with Crippen molar-refractivity contribution in [2.45, 2.75) is 25.6 Å². The van der Waals surface area contributed by atoms with Crippen molar-refractivity contribution in [3.63, 3.8) is 0 Å². The van der Waals surface area contributed by atoms with E-state index in [0.29, 0.717) is 0 Å². The van der Waals surface area contributed by atoms with Crippen LogP contribution in [0.4, 0.5) is 0 Å². The molecule has 0 saturated carbocycles. The molecule has 0 aromatic rings. The molecule has 5 N–H and O–H groups in total. The molecule has 0 atom stereocenters. The van der Waals surface area contributed by atoms with E-state index in [0.717, 1.165) is 4.90 Å². The van der Waals surface area contributed by atoms with Crippen LogP contribution >= 0.6 is 0 Å². The number of amides is 2. The maximum Gasteiger partial charge on any atom is 0.262 e. The number of hydrogen-bond acceptors (Lipinski definition) is 7. The normalized spacial score (nSPS) is 23.1. The average molecular weight is 250 g/mol. The summed E-state index contributed by atoms with van der Waals surface area (Å²) in [5.74, 6) is -2.15. The number of rotatable bonds is 2. The lowest BCUT2D eigenvalue weighted by Gasteiger charge is -2.33. The lowest BCUT2D eigenvalue weighted by molar-refractivity contribution is -0.143. The first-order valence-corrected chi connectivity index (χ1v) is 5.46. The van der Waals surface area contributed by atoms with E-state index < -0.39 is 5.79 Å². The Hall–Kier alpha value is -2.38. The highest BCUT2D eigenvalue weighted by atomic mass is 16.2. The van der Waals surface area contributed by atoms with Crippen LogP contribution in [-0.4, -0.2) is 34.4 Å². The Morgan fingerprint density at radius 1 is 1.22 bits per heavy atom. The van der Waals surface area contributed by atoms with Crippen LogP contribution in [0.15, 0.2) is 22.1 Å². The lowest BCUT2D eigenvalue weighted by atomic mass is 10.2. The fourth-order valence-electron chi connectivity index (χ4n) is 1.98. The van der Waals surface area contributed by atoms with E-state index in [1.807, 2.05) is 0 Å². The van der Waals surface area contributed by atoms with Gasteiger partial charge in [-0.05, 0) is 13.0 Å². The van der Waals surface area contributed by atoms with Crippen molar-refractivity contribution < 1.29 is 9.59 Å². The second-order valence-corrected chi connectivity index (χ2v) is 3.93. The van der Waals surface area contributed by atoms with Gasteiger partial charge in [-0.1, -0.05) is 6.08 Å². The topological polar surface area (TPSA) is 126 Å². The van der Waals surface area contributed by atoms with E-state index >= 15 is 0 Å². The van der Waals surface area contributed by atoms with Crippen molar-refractivity contribution in [2.24, 2.45) is 21.5 Å². The third-order valence-electron chi connectivity index (χ3n) is 2.60. The van der Waals surface area contributed by atoms with Crippen molar-refractivity contribution in [1.82, 2.24) is 10.2 Å². The molecule has 0 spiro atoms. The third-order valence-corrected chi connectivity index (χ3v) is 2.60. The summed E-state index contributed by atoms with van der Waals surface area (Å²) in [7, 11) is 0. The zero-order valence-corrected chi connectivity index (χ0v) is 9.88. The standard InChI is InChI=1S/C10H14N6O2/c1-2-5-10(14-8(11)13-9(12)15-10)16-6(17)3-4-7(16)18/h2,5H,3-4H2,1H3,(H5,11,12,13,14,15). The van der Waals surface area contributed by atoms with Crippen LogP contribution in [0.2, 0.25) is 0 Å². The molecule has 0 aromatic carbocycles. The Bertz CT molecular complexity index is 459. The van der Waals surface area contributed by atoms with Gasteiger partial charge in [0.25, 0.3) is 5.79 Å². The molecule has 0 aliphatic carbocycles. The molecule has 1 saturated heterocycles. The van der Waals surface area contributed by atoms with Gasteiger partial charge >= 0.3 is 0 Å². The van der Waals surface area contributed by atoms with Crippen molar-refractivity contribution in [1.29, 1.82) is 0 Å². The number of allylic oxidation sites excluding steroid dienone is 1. The lowest BCUT2D eigenvalue weighted by Crippen LogP contribution is -2.56.